The molecule has 6 nitrogen and oxygen atoms in total. The highest BCUT2D eigenvalue weighted by Gasteiger charge is 2.35. The molecule has 1 aromatic rings. The van der Waals surface area contributed by atoms with Gasteiger partial charge < -0.3 is 9.67 Å². The zero-order valence-corrected chi connectivity index (χ0v) is 12.9. The maximum Gasteiger partial charge on any atom is 0.323 e. The van der Waals surface area contributed by atoms with Gasteiger partial charge >= 0.3 is 5.97 Å². The third-order valence-electron chi connectivity index (χ3n) is 2.75. The molecule has 0 fully saturated rings. The van der Waals surface area contributed by atoms with E-state index in [4.69, 9.17) is 0 Å². The summed E-state index contributed by atoms with van der Waals surface area (Å²) in [5, 5.41) is 21.3. The zero-order valence-electron chi connectivity index (χ0n) is 12.0. The van der Waals surface area contributed by atoms with Crippen LogP contribution in [0.5, 0.6) is 0 Å². The molecule has 0 radical (unpaired) electrons. The summed E-state index contributed by atoms with van der Waals surface area (Å²) in [6.45, 7) is 7.62. The Labute approximate surface area is 118 Å². The highest BCUT2D eigenvalue weighted by molar-refractivity contribution is 7.99. The van der Waals surface area contributed by atoms with Gasteiger partial charge in [0.05, 0.1) is 0 Å². The number of carboxylic acids is 1. The Bertz CT molecular complexity index is 435. The Kier molecular flexibility index (Phi) is 5.37. The van der Waals surface area contributed by atoms with Gasteiger partial charge in [-0.15, -0.1) is 10.2 Å². The molecule has 0 bridgehead atoms. The number of nitrogens with one attached hydrogen (secondary N) is 1. The minimum absolute atomic E-state index is 0.119. The van der Waals surface area contributed by atoms with Crippen LogP contribution in [-0.4, -0.2) is 42.7 Å². The second kappa shape index (κ2) is 6.38. The number of rotatable bonds is 7. The Morgan fingerprint density at radius 1 is 1.58 bits per heavy atom. The first-order valence-corrected chi connectivity index (χ1v) is 7.14. The number of thioether (sulfide) groups is 1. The average molecular weight is 286 g/mol. The molecule has 1 aromatic heterocycles. The van der Waals surface area contributed by atoms with Gasteiger partial charge in [-0.05, 0) is 27.2 Å². The van der Waals surface area contributed by atoms with Crippen LogP contribution in [0.2, 0.25) is 0 Å². The quantitative estimate of drug-likeness (QED) is 0.740. The van der Waals surface area contributed by atoms with Crippen molar-refractivity contribution in [2.24, 2.45) is 7.05 Å². The van der Waals surface area contributed by atoms with Crippen LogP contribution >= 0.6 is 11.8 Å². The van der Waals surface area contributed by atoms with Crippen molar-refractivity contribution in [2.45, 2.75) is 56.1 Å². The monoisotopic (exact) mass is 286 g/mol. The SMILES string of the molecule is CC(C)NC(C)(CC(C)Sc1nncn1C)C(=O)O. The zero-order chi connectivity index (χ0) is 14.6. The molecule has 108 valence electrons. The lowest BCUT2D eigenvalue weighted by molar-refractivity contribution is -0.144. The van der Waals surface area contributed by atoms with Gasteiger partial charge in [0.1, 0.15) is 11.9 Å². The lowest BCUT2D eigenvalue weighted by Crippen LogP contribution is -2.53. The van der Waals surface area contributed by atoms with Gasteiger partial charge in [0.15, 0.2) is 5.16 Å². The van der Waals surface area contributed by atoms with Crippen molar-refractivity contribution in [3.05, 3.63) is 6.33 Å². The number of nitrogens with zero attached hydrogens (tertiary/aromatic N) is 3. The molecule has 1 heterocycles. The lowest BCUT2D eigenvalue weighted by atomic mass is 9.95. The van der Waals surface area contributed by atoms with Gasteiger partial charge in [-0.1, -0.05) is 18.7 Å². The highest BCUT2D eigenvalue weighted by Crippen LogP contribution is 2.27. The number of aliphatic carboxylic acids is 1. The van der Waals surface area contributed by atoms with E-state index in [1.807, 2.05) is 32.4 Å². The number of aryl methyl sites for hydroxylation is 1. The summed E-state index contributed by atoms with van der Waals surface area (Å²) in [6.07, 6.45) is 2.15. The maximum absolute atomic E-state index is 11.5. The van der Waals surface area contributed by atoms with E-state index in [9.17, 15) is 9.90 Å². The molecule has 7 heteroatoms. The molecule has 0 aliphatic heterocycles. The van der Waals surface area contributed by atoms with Gasteiger partial charge in [0.2, 0.25) is 0 Å². The molecule has 0 spiro atoms. The van der Waals surface area contributed by atoms with Gasteiger partial charge in [-0.3, -0.25) is 10.1 Å². The first kappa shape index (κ1) is 16.0. The molecular formula is C12H22N4O2S. The Balaban J connectivity index is 2.69. The summed E-state index contributed by atoms with van der Waals surface area (Å²) in [7, 11) is 1.87. The average Bonchev–Trinajstić information content (AvgIpc) is 2.62. The minimum atomic E-state index is -0.931. The first-order valence-electron chi connectivity index (χ1n) is 6.26. The molecule has 0 saturated heterocycles. The number of hydrogen-bond acceptors (Lipinski definition) is 5. The normalized spacial score (nSPS) is 16.3. The topological polar surface area (TPSA) is 80.0 Å². The van der Waals surface area contributed by atoms with Crippen LogP contribution in [0.3, 0.4) is 0 Å². The molecule has 2 unspecified atom stereocenters. The predicted octanol–water partition coefficient (Wildman–Crippen LogP) is 1.53. The molecule has 0 aromatic carbocycles. The molecule has 2 atom stereocenters. The smallest absolute Gasteiger partial charge is 0.323 e. The van der Waals surface area contributed by atoms with Crippen LogP contribution in [0.25, 0.3) is 0 Å². The number of hydrogen-bond donors (Lipinski definition) is 2. The van der Waals surface area contributed by atoms with Crippen LogP contribution in [-0.2, 0) is 11.8 Å². The highest BCUT2D eigenvalue weighted by atomic mass is 32.2. The summed E-state index contributed by atoms with van der Waals surface area (Å²) in [5.41, 5.74) is -0.931. The Morgan fingerprint density at radius 2 is 2.21 bits per heavy atom. The van der Waals surface area contributed by atoms with Gasteiger partial charge in [-0.2, -0.15) is 0 Å². The standard InChI is InChI=1S/C12H22N4O2S/c1-8(2)14-12(4,10(17)18)6-9(3)19-11-15-13-7-16(11)5/h7-9,14H,6H2,1-5H3,(H,17,18). The molecule has 0 aliphatic rings. The third-order valence-corrected chi connectivity index (χ3v) is 3.90. The van der Waals surface area contributed by atoms with E-state index in [1.165, 1.54) is 11.8 Å². The van der Waals surface area contributed by atoms with Crippen molar-refractivity contribution in [2.75, 3.05) is 0 Å². The summed E-state index contributed by atoms with van der Waals surface area (Å²) in [5.74, 6) is -0.827. The molecule has 1 rings (SSSR count). The van der Waals surface area contributed by atoms with Crippen molar-refractivity contribution in [1.82, 2.24) is 20.1 Å². The van der Waals surface area contributed by atoms with Crippen LogP contribution in [0.1, 0.15) is 34.1 Å². The van der Waals surface area contributed by atoms with E-state index in [2.05, 4.69) is 15.5 Å². The molecule has 0 saturated carbocycles. The fraction of sp³-hybridized carbons (Fsp3) is 0.750. The number of aromatic nitrogens is 3. The van der Waals surface area contributed by atoms with Gasteiger partial charge in [0, 0.05) is 18.3 Å². The number of carboxylic acid groups (broad SMARTS) is 1. The summed E-state index contributed by atoms with van der Waals surface area (Å²) in [4.78, 5) is 11.5. The largest absolute Gasteiger partial charge is 0.480 e. The second-order valence-electron chi connectivity index (χ2n) is 5.29. The first-order chi connectivity index (χ1) is 8.74. The van der Waals surface area contributed by atoms with E-state index in [0.717, 1.165) is 5.16 Å². The summed E-state index contributed by atoms with van der Waals surface area (Å²) < 4.78 is 1.83. The molecule has 0 aliphatic carbocycles. The van der Waals surface area contributed by atoms with Crippen LogP contribution < -0.4 is 5.32 Å². The van der Waals surface area contributed by atoms with E-state index >= 15 is 0 Å². The van der Waals surface area contributed by atoms with E-state index in [-0.39, 0.29) is 11.3 Å². The minimum Gasteiger partial charge on any atom is -0.480 e. The van der Waals surface area contributed by atoms with E-state index in [1.54, 1.807) is 13.3 Å². The molecular weight excluding hydrogens is 264 g/mol. The van der Waals surface area contributed by atoms with Gasteiger partial charge in [0.25, 0.3) is 0 Å². The fourth-order valence-electron chi connectivity index (χ4n) is 2.02. The van der Waals surface area contributed by atoms with Crippen molar-refractivity contribution in [1.29, 1.82) is 0 Å². The van der Waals surface area contributed by atoms with E-state index in [0.29, 0.717) is 6.42 Å². The summed E-state index contributed by atoms with van der Waals surface area (Å²) in [6, 6.07) is 0.119. The van der Waals surface area contributed by atoms with Crippen LogP contribution in [0.4, 0.5) is 0 Å². The Morgan fingerprint density at radius 3 is 2.63 bits per heavy atom. The second-order valence-corrected chi connectivity index (χ2v) is 6.70. The fourth-order valence-corrected chi connectivity index (χ4v) is 3.11. The van der Waals surface area contributed by atoms with Crippen LogP contribution in [0, 0.1) is 0 Å². The van der Waals surface area contributed by atoms with Crippen molar-refractivity contribution in [3.8, 4) is 0 Å². The molecule has 0 amide bonds. The third kappa shape index (κ3) is 4.50. The van der Waals surface area contributed by atoms with Crippen LogP contribution in [0.15, 0.2) is 11.5 Å². The molecule has 19 heavy (non-hydrogen) atoms. The summed E-state index contributed by atoms with van der Waals surface area (Å²) >= 11 is 1.53. The predicted molar refractivity (Wildman–Crippen MR) is 75.3 cm³/mol. The van der Waals surface area contributed by atoms with Crippen molar-refractivity contribution in [3.63, 3.8) is 0 Å². The van der Waals surface area contributed by atoms with Crippen molar-refractivity contribution < 1.29 is 9.90 Å². The molecule has 2 N–H and O–H groups in total. The number of carbonyl (C=O) groups is 1. The van der Waals surface area contributed by atoms with Gasteiger partial charge in [-0.25, -0.2) is 0 Å². The Hall–Kier alpha value is -1.08. The van der Waals surface area contributed by atoms with E-state index < -0.39 is 11.5 Å². The van der Waals surface area contributed by atoms with Crippen molar-refractivity contribution >= 4 is 17.7 Å². The maximum atomic E-state index is 11.5. The lowest BCUT2D eigenvalue weighted by Gasteiger charge is -2.30.